The molecule has 0 radical (unpaired) electrons. The maximum atomic E-state index is 6.15. The van der Waals surface area contributed by atoms with E-state index in [2.05, 4.69) is 96.0 Å². The molecule has 210 valence electrons. The number of hydrogen-bond donors (Lipinski definition) is 0. The van der Waals surface area contributed by atoms with Gasteiger partial charge in [0.25, 0.3) is 0 Å². The molecule has 9 aromatic rings. The van der Waals surface area contributed by atoms with E-state index in [1.807, 2.05) is 48.5 Å². The summed E-state index contributed by atoms with van der Waals surface area (Å²) < 4.78 is 6.15. The second-order valence-electron chi connectivity index (χ2n) is 11.1. The summed E-state index contributed by atoms with van der Waals surface area (Å²) in [6, 6.07) is 47.8. The highest BCUT2D eigenvalue weighted by Gasteiger charge is 2.18. The number of aromatic nitrogens is 4. The van der Waals surface area contributed by atoms with E-state index in [0.717, 1.165) is 54.9 Å². The van der Waals surface area contributed by atoms with Crippen molar-refractivity contribution in [3.63, 3.8) is 0 Å². The molecule has 0 N–H and O–H groups in total. The van der Waals surface area contributed by atoms with E-state index < -0.39 is 0 Å². The van der Waals surface area contributed by atoms with Crippen molar-refractivity contribution in [2.45, 2.75) is 0 Å². The largest absolute Gasteiger partial charge is 0.454 e. The molecule has 0 fully saturated rings. The highest BCUT2D eigenvalue weighted by atomic mass is 16.3. The maximum Gasteiger partial charge on any atom is 0.164 e. The molecule has 0 spiro atoms. The third-order valence-corrected chi connectivity index (χ3v) is 8.34. The summed E-state index contributed by atoms with van der Waals surface area (Å²) in [5.41, 5.74) is 7.30. The number of hydrogen-bond acceptors (Lipinski definition) is 5. The number of nitrogens with zero attached hydrogens (tertiary/aromatic N) is 4. The quantitative estimate of drug-likeness (QED) is 0.209. The van der Waals surface area contributed by atoms with E-state index in [9.17, 15) is 0 Å². The fourth-order valence-electron chi connectivity index (χ4n) is 6.10. The molecule has 0 saturated heterocycles. The molecule has 3 aromatic heterocycles. The highest BCUT2D eigenvalue weighted by Crippen LogP contribution is 2.36. The van der Waals surface area contributed by atoms with Gasteiger partial charge < -0.3 is 4.42 Å². The Morgan fingerprint density at radius 1 is 0.400 bits per heavy atom. The molecule has 0 bridgehead atoms. The van der Waals surface area contributed by atoms with Crippen LogP contribution < -0.4 is 0 Å². The molecule has 0 unspecified atom stereocenters. The SMILES string of the molecule is c1ccc(-c2ccc3ccc(-c4nc(-c5ccc6ccccc6c5)nc(-c5cccc6oc7cccnc7c56)n4)cc3c2)cc1. The summed E-state index contributed by atoms with van der Waals surface area (Å²) >= 11 is 0. The fourth-order valence-corrected chi connectivity index (χ4v) is 6.10. The minimum Gasteiger partial charge on any atom is -0.454 e. The first-order valence-electron chi connectivity index (χ1n) is 14.9. The Labute approximate surface area is 258 Å². The van der Waals surface area contributed by atoms with Gasteiger partial charge in [-0.05, 0) is 69.1 Å². The van der Waals surface area contributed by atoms with Crippen molar-refractivity contribution in [1.29, 1.82) is 0 Å². The van der Waals surface area contributed by atoms with Crippen LogP contribution in [0.3, 0.4) is 0 Å². The van der Waals surface area contributed by atoms with Gasteiger partial charge in [-0.3, -0.25) is 4.98 Å². The van der Waals surface area contributed by atoms with Gasteiger partial charge in [0.2, 0.25) is 0 Å². The first kappa shape index (κ1) is 25.3. The molecule has 0 saturated carbocycles. The van der Waals surface area contributed by atoms with Gasteiger partial charge in [-0.15, -0.1) is 0 Å². The molecular formula is C40H24N4O. The second kappa shape index (κ2) is 10.2. The summed E-state index contributed by atoms with van der Waals surface area (Å²) in [6.45, 7) is 0. The monoisotopic (exact) mass is 576 g/mol. The smallest absolute Gasteiger partial charge is 0.164 e. The predicted molar refractivity (Wildman–Crippen MR) is 182 cm³/mol. The highest BCUT2D eigenvalue weighted by molar-refractivity contribution is 6.09. The standard InChI is InChI=1S/C40H24N4O/c1-2-8-25(9-3-1)29-18-15-27-17-20-31(24-32(27)23-29)39-42-38(30-19-16-26-10-4-5-11-28(26)22-30)43-40(44-39)33-12-6-13-34-36(33)37-35(45-34)14-7-21-41-37/h1-24H. The van der Waals surface area contributed by atoms with E-state index in [-0.39, 0.29) is 0 Å². The summed E-state index contributed by atoms with van der Waals surface area (Å²) in [5.74, 6) is 1.78. The number of rotatable bonds is 4. The lowest BCUT2D eigenvalue weighted by Crippen LogP contribution is -2.00. The van der Waals surface area contributed by atoms with Gasteiger partial charge in [-0.2, -0.15) is 0 Å². The molecule has 45 heavy (non-hydrogen) atoms. The van der Waals surface area contributed by atoms with Gasteiger partial charge >= 0.3 is 0 Å². The first-order chi connectivity index (χ1) is 22.3. The molecule has 0 amide bonds. The van der Waals surface area contributed by atoms with Crippen molar-refractivity contribution in [1.82, 2.24) is 19.9 Å². The van der Waals surface area contributed by atoms with Crippen LogP contribution in [-0.2, 0) is 0 Å². The average Bonchev–Trinajstić information content (AvgIpc) is 3.50. The molecular weight excluding hydrogens is 552 g/mol. The third kappa shape index (κ3) is 4.41. The van der Waals surface area contributed by atoms with Gasteiger partial charge in [-0.1, -0.05) is 103 Å². The molecule has 3 heterocycles. The molecule has 6 aromatic carbocycles. The zero-order valence-electron chi connectivity index (χ0n) is 24.1. The van der Waals surface area contributed by atoms with E-state index >= 15 is 0 Å². The van der Waals surface area contributed by atoms with Crippen molar-refractivity contribution in [3.05, 3.63) is 146 Å². The normalized spacial score (nSPS) is 11.6. The zero-order valence-corrected chi connectivity index (χ0v) is 24.1. The Morgan fingerprint density at radius 3 is 1.82 bits per heavy atom. The van der Waals surface area contributed by atoms with Crippen molar-refractivity contribution < 1.29 is 4.42 Å². The Balaban J connectivity index is 1.27. The fraction of sp³-hybridized carbons (Fsp3) is 0. The molecule has 0 aliphatic carbocycles. The first-order valence-corrected chi connectivity index (χ1v) is 14.9. The maximum absolute atomic E-state index is 6.15. The van der Waals surface area contributed by atoms with Crippen LogP contribution in [-0.4, -0.2) is 19.9 Å². The van der Waals surface area contributed by atoms with E-state index in [0.29, 0.717) is 17.5 Å². The number of benzene rings is 6. The topological polar surface area (TPSA) is 64.7 Å². The van der Waals surface area contributed by atoms with E-state index in [4.69, 9.17) is 19.4 Å². The van der Waals surface area contributed by atoms with Crippen LogP contribution in [0, 0.1) is 0 Å². The summed E-state index contributed by atoms with van der Waals surface area (Å²) in [7, 11) is 0. The number of furan rings is 1. The lowest BCUT2D eigenvalue weighted by Gasteiger charge is -2.11. The van der Waals surface area contributed by atoms with Crippen molar-refractivity contribution in [3.8, 4) is 45.3 Å². The van der Waals surface area contributed by atoms with Gasteiger partial charge in [0.05, 0.1) is 5.39 Å². The van der Waals surface area contributed by atoms with Crippen molar-refractivity contribution in [2.75, 3.05) is 0 Å². The van der Waals surface area contributed by atoms with Gasteiger partial charge in [0.1, 0.15) is 11.1 Å². The lowest BCUT2D eigenvalue weighted by atomic mass is 9.99. The van der Waals surface area contributed by atoms with Crippen LogP contribution in [0.5, 0.6) is 0 Å². The predicted octanol–water partition coefficient (Wildman–Crippen LogP) is 10.1. The zero-order chi connectivity index (χ0) is 29.7. The van der Waals surface area contributed by atoms with Gasteiger partial charge in [-0.25, -0.2) is 15.0 Å². The average molecular weight is 577 g/mol. The Bertz CT molecular complexity index is 2550. The van der Waals surface area contributed by atoms with E-state index in [1.54, 1.807) is 6.20 Å². The molecule has 5 heteroatoms. The Morgan fingerprint density at radius 2 is 1.02 bits per heavy atom. The Kier molecular flexibility index (Phi) is 5.74. The van der Waals surface area contributed by atoms with Crippen LogP contribution in [0.4, 0.5) is 0 Å². The summed E-state index contributed by atoms with van der Waals surface area (Å²) in [6.07, 6.45) is 1.78. The third-order valence-electron chi connectivity index (χ3n) is 8.34. The molecule has 9 rings (SSSR count). The molecule has 5 nitrogen and oxygen atoms in total. The van der Waals surface area contributed by atoms with Crippen LogP contribution >= 0.6 is 0 Å². The van der Waals surface area contributed by atoms with Gasteiger partial charge in [0, 0.05) is 22.9 Å². The Hall–Kier alpha value is -6.20. The minimum atomic E-state index is 0.570. The minimum absolute atomic E-state index is 0.570. The lowest BCUT2D eigenvalue weighted by molar-refractivity contribution is 0.668. The van der Waals surface area contributed by atoms with Gasteiger partial charge in [0.15, 0.2) is 23.1 Å². The molecule has 0 atom stereocenters. The summed E-state index contributed by atoms with van der Waals surface area (Å²) in [4.78, 5) is 19.9. The van der Waals surface area contributed by atoms with Crippen LogP contribution in [0.25, 0.3) is 88.9 Å². The molecule has 0 aliphatic rings. The van der Waals surface area contributed by atoms with Crippen molar-refractivity contribution in [2.24, 2.45) is 0 Å². The van der Waals surface area contributed by atoms with Crippen LogP contribution in [0.15, 0.2) is 150 Å². The second-order valence-corrected chi connectivity index (χ2v) is 11.1. The number of fused-ring (bicyclic) bond motifs is 5. The van der Waals surface area contributed by atoms with E-state index in [1.165, 1.54) is 16.5 Å². The van der Waals surface area contributed by atoms with Crippen molar-refractivity contribution >= 4 is 43.6 Å². The molecule has 0 aliphatic heterocycles. The number of pyridine rings is 1. The summed E-state index contributed by atoms with van der Waals surface area (Å²) in [5, 5.41) is 5.46. The van der Waals surface area contributed by atoms with Crippen LogP contribution in [0.2, 0.25) is 0 Å². The van der Waals surface area contributed by atoms with Crippen LogP contribution in [0.1, 0.15) is 0 Å².